The Morgan fingerprint density at radius 2 is 2.00 bits per heavy atom. The van der Waals surface area contributed by atoms with Gasteiger partial charge < -0.3 is 5.32 Å². The lowest BCUT2D eigenvalue weighted by molar-refractivity contribution is 0.511. The SMILES string of the molecule is CNCc1scc(C)c1S(=O)(=O)Nc1cccc(F)c1F. The molecule has 0 aliphatic carbocycles. The van der Waals surface area contributed by atoms with Gasteiger partial charge in [-0.1, -0.05) is 6.07 Å². The maximum atomic E-state index is 13.6. The number of nitrogens with one attached hydrogen (secondary N) is 2. The lowest BCUT2D eigenvalue weighted by Crippen LogP contribution is -2.17. The highest BCUT2D eigenvalue weighted by Crippen LogP contribution is 2.29. The highest BCUT2D eigenvalue weighted by atomic mass is 32.2. The third-order valence-electron chi connectivity index (χ3n) is 2.79. The summed E-state index contributed by atoms with van der Waals surface area (Å²) in [6, 6.07) is 3.34. The summed E-state index contributed by atoms with van der Waals surface area (Å²) in [4.78, 5) is 0.713. The summed E-state index contributed by atoms with van der Waals surface area (Å²) in [5.41, 5.74) is 0.158. The van der Waals surface area contributed by atoms with Crippen molar-refractivity contribution >= 4 is 27.0 Å². The van der Waals surface area contributed by atoms with E-state index in [1.807, 2.05) is 0 Å². The predicted molar refractivity (Wildman–Crippen MR) is 79.0 cm³/mol. The van der Waals surface area contributed by atoms with Gasteiger partial charge in [0, 0.05) is 11.4 Å². The van der Waals surface area contributed by atoms with E-state index in [9.17, 15) is 17.2 Å². The fraction of sp³-hybridized carbons (Fsp3) is 0.231. The van der Waals surface area contributed by atoms with Crippen LogP contribution in [0.25, 0.3) is 0 Å². The molecule has 1 heterocycles. The third-order valence-corrected chi connectivity index (χ3v) is 5.62. The molecule has 2 rings (SSSR count). The zero-order chi connectivity index (χ0) is 15.6. The van der Waals surface area contributed by atoms with E-state index in [1.165, 1.54) is 23.5 Å². The first-order valence-corrected chi connectivity index (χ1v) is 8.41. The van der Waals surface area contributed by atoms with Crippen LogP contribution in [0.3, 0.4) is 0 Å². The first-order chi connectivity index (χ1) is 9.86. The van der Waals surface area contributed by atoms with Gasteiger partial charge in [0.1, 0.15) is 4.90 Å². The maximum absolute atomic E-state index is 13.6. The molecular weight excluding hydrogens is 318 g/mol. The predicted octanol–water partition coefficient (Wildman–Crippen LogP) is 2.85. The second-order valence-corrected chi connectivity index (χ2v) is 6.99. The van der Waals surface area contributed by atoms with Crippen molar-refractivity contribution in [3.63, 3.8) is 0 Å². The number of aryl methyl sites for hydroxylation is 1. The van der Waals surface area contributed by atoms with Crippen LogP contribution in [0.15, 0.2) is 28.5 Å². The number of hydrogen-bond acceptors (Lipinski definition) is 4. The topological polar surface area (TPSA) is 58.2 Å². The van der Waals surface area contributed by atoms with Crippen LogP contribution in [0.2, 0.25) is 0 Å². The van der Waals surface area contributed by atoms with Crippen LogP contribution in [-0.4, -0.2) is 15.5 Å². The van der Waals surface area contributed by atoms with Gasteiger partial charge in [-0.2, -0.15) is 0 Å². The number of halogens is 2. The van der Waals surface area contributed by atoms with Gasteiger partial charge in [-0.25, -0.2) is 17.2 Å². The minimum Gasteiger partial charge on any atom is -0.315 e. The van der Waals surface area contributed by atoms with Crippen LogP contribution in [0.4, 0.5) is 14.5 Å². The van der Waals surface area contributed by atoms with Crippen molar-refractivity contribution in [2.24, 2.45) is 0 Å². The molecule has 1 aromatic carbocycles. The molecule has 114 valence electrons. The summed E-state index contributed by atoms with van der Waals surface area (Å²) in [7, 11) is -2.28. The van der Waals surface area contributed by atoms with Gasteiger partial charge in [-0.05, 0) is 37.0 Å². The van der Waals surface area contributed by atoms with E-state index in [4.69, 9.17) is 0 Å². The molecule has 2 aromatic rings. The number of rotatable bonds is 5. The molecule has 0 saturated heterocycles. The third kappa shape index (κ3) is 3.22. The molecule has 0 bridgehead atoms. The summed E-state index contributed by atoms with van der Waals surface area (Å²) in [5, 5.41) is 4.59. The Kier molecular flexibility index (Phi) is 4.60. The normalized spacial score (nSPS) is 11.6. The highest BCUT2D eigenvalue weighted by molar-refractivity contribution is 7.93. The van der Waals surface area contributed by atoms with Crippen LogP contribution in [0.1, 0.15) is 10.4 Å². The molecule has 0 fully saturated rings. The molecule has 0 atom stereocenters. The van der Waals surface area contributed by atoms with Gasteiger partial charge >= 0.3 is 0 Å². The van der Waals surface area contributed by atoms with Crippen molar-refractivity contribution in [1.29, 1.82) is 0 Å². The molecule has 0 radical (unpaired) electrons. The van der Waals surface area contributed by atoms with Crippen LogP contribution >= 0.6 is 11.3 Å². The van der Waals surface area contributed by atoms with E-state index in [-0.39, 0.29) is 4.90 Å². The molecule has 4 nitrogen and oxygen atoms in total. The van der Waals surface area contributed by atoms with Gasteiger partial charge in [0.2, 0.25) is 0 Å². The Labute approximate surface area is 125 Å². The zero-order valence-corrected chi connectivity index (χ0v) is 13.0. The van der Waals surface area contributed by atoms with Gasteiger partial charge in [0.15, 0.2) is 11.6 Å². The fourth-order valence-electron chi connectivity index (χ4n) is 1.91. The van der Waals surface area contributed by atoms with Crippen LogP contribution < -0.4 is 10.0 Å². The van der Waals surface area contributed by atoms with E-state index >= 15 is 0 Å². The van der Waals surface area contributed by atoms with E-state index in [0.717, 1.165) is 6.07 Å². The van der Waals surface area contributed by atoms with Crippen molar-refractivity contribution < 1.29 is 17.2 Å². The Morgan fingerprint density at radius 3 is 2.67 bits per heavy atom. The summed E-state index contributed by atoms with van der Waals surface area (Å²) < 4.78 is 53.7. The van der Waals surface area contributed by atoms with Gasteiger partial charge in [0.25, 0.3) is 10.0 Å². The number of hydrogen-bond donors (Lipinski definition) is 2. The van der Waals surface area contributed by atoms with Crippen molar-refractivity contribution in [3.8, 4) is 0 Å². The molecule has 0 unspecified atom stereocenters. The second-order valence-electron chi connectivity index (χ2n) is 4.41. The molecule has 21 heavy (non-hydrogen) atoms. The lowest BCUT2D eigenvalue weighted by atomic mass is 10.3. The number of benzene rings is 1. The van der Waals surface area contributed by atoms with Crippen molar-refractivity contribution in [2.75, 3.05) is 11.8 Å². The monoisotopic (exact) mass is 332 g/mol. The minimum absolute atomic E-state index is 0.102. The summed E-state index contributed by atoms with van der Waals surface area (Å²) in [6.07, 6.45) is 0. The molecule has 0 saturated carbocycles. The van der Waals surface area contributed by atoms with Crippen LogP contribution in [0.5, 0.6) is 0 Å². The number of sulfonamides is 1. The molecular formula is C13H14F2N2O2S2. The van der Waals surface area contributed by atoms with E-state index in [2.05, 4.69) is 10.0 Å². The molecule has 1 aromatic heterocycles. The van der Waals surface area contributed by atoms with Gasteiger partial charge in [-0.15, -0.1) is 11.3 Å². The maximum Gasteiger partial charge on any atom is 0.263 e. The Morgan fingerprint density at radius 1 is 1.29 bits per heavy atom. The van der Waals surface area contributed by atoms with E-state index < -0.39 is 27.3 Å². The zero-order valence-electron chi connectivity index (χ0n) is 11.4. The molecule has 0 amide bonds. The lowest BCUT2D eigenvalue weighted by Gasteiger charge is -2.11. The van der Waals surface area contributed by atoms with Crippen LogP contribution in [0, 0.1) is 18.6 Å². The molecule has 8 heteroatoms. The summed E-state index contributed by atoms with van der Waals surface area (Å²) in [5.74, 6) is -2.32. The van der Waals surface area contributed by atoms with Gasteiger partial charge in [-0.3, -0.25) is 4.72 Å². The molecule has 0 spiro atoms. The van der Waals surface area contributed by atoms with Gasteiger partial charge in [0.05, 0.1) is 5.69 Å². The highest BCUT2D eigenvalue weighted by Gasteiger charge is 2.24. The first-order valence-electron chi connectivity index (χ1n) is 6.05. The largest absolute Gasteiger partial charge is 0.315 e. The van der Waals surface area contributed by atoms with Crippen LogP contribution in [-0.2, 0) is 16.6 Å². The molecule has 0 aliphatic rings. The fourth-order valence-corrected chi connectivity index (χ4v) is 4.79. The Balaban J connectivity index is 2.44. The number of thiophene rings is 1. The summed E-state index contributed by atoms with van der Waals surface area (Å²) >= 11 is 1.30. The average Bonchev–Trinajstić information content (AvgIpc) is 2.77. The second kappa shape index (κ2) is 6.08. The molecule has 2 N–H and O–H groups in total. The molecule has 0 aliphatic heterocycles. The van der Waals surface area contributed by atoms with Crippen molar-refractivity contribution in [1.82, 2.24) is 5.32 Å². The van der Waals surface area contributed by atoms with Crippen molar-refractivity contribution in [3.05, 3.63) is 45.7 Å². The minimum atomic E-state index is -3.98. The van der Waals surface area contributed by atoms with E-state index in [1.54, 1.807) is 19.4 Å². The smallest absolute Gasteiger partial charge is 0.263 e. The average molecular weight is 332 g/mol. The quantitative estimate of drug-likeness (QED) is 0.885. The standard InChI is InChI=1S/C13H14F2N2O2S2/c1-8-7-20-11(6-16-2)13(8)21(18,19)17-10-5-3-4-9(14)12(10)15/h3-5,7,16-17H,6H2,1-2H3. The van der Waals surface area contributed by atoms with Crippen molar-refractivity contribution in [2.45, 2.75) is 18.4 Å². The first kappa shape index (κ1) is 15.9. The number of anilines is 1. The Bertz CT molecular complexity index is 758. The summed E-state index contributed by atoms with van der Waals surface area (Å²) in [6.45, 7) is 2.03. The van der Waals surface area contributed by atoms with E-state index in [0.29, 0.717) is 17.0 Å². The Hall–Kier alpha value is -1.51.